The van der Waals surface area contributed by atoms with Crippen molar-refractivity contribution in [2.24, 2.45) is 0 Å². The van der Waals surface area contributed by atoms with E-state index in [1.807, 2.05) is 30.1 Å². The molecule has 0 unspecified atom stereocenters. The molecule has 1 aliphatic rings. The Morgan fingerprint density at radius 2 is 1.81 bits per heavy atom. The summed E-state index contributed by atoms with van der Waals surface area (Å²) >= 11 is 1.22. The Kier molecular flexibility index (Phi) is 8.64. The van der Waals surface area contributed by atoms with Crippen LogP contribution < -0.4 is 5.32 Å². The number of benzene rings is 1. The van der Waals surface area contributed by atoms with Gasteiger partial charge in [-0.05, 0) is 31.9 Å². The molecule has 1 atom stereocenters. The van der Waals surface area contributed by atoms with Crippen LogP contribution in [0, 0.1) is 0 Å². The van der Waals surface area contributed by atoms with Crippen molar-refractivity contribution in [1.82, 2.24) is 4.90 Å². The molecule has 0 saturated heterocycles. The van der Waals surface area contributed by atoms with Crippen molar-refractivity contribution in [3.63, 3.8) is 0 Å². The van der Waals surface area contributed by atoms with Gasteiger partial charge in [0, 0.05) is 18.8 Å². The Hall–Kier alpha value is -2.02. The van der Waals surface area contributed by atoms with Gasteiger partial charge in [0.2, 0.25) is 5.91 Å². The fraction of sp³-hybridized carbons (Fsp3) is 0.550. The van der Waals surface area contributed by atoms with E-state index in [9.17, 15) is 14.4 Å². The van der Waals surface area contributed by atoms with E-state index >= 15 is 0 Å². The van der Waals surface area contributed by atoms with Gasteiger partial charge in [0.05, 0.1) is 11.5 Å². The molecule has 6 nitrogen and oxygen atoms in total. The molecule has 1 aliphatic carbocycles. The van der Waals surface area contributed by atoms with Gasteiger partial charge in [-0.15, -0.1) is 11.8 Å². The number of carbonyl (C=O) groups excluding carboxylic acids is 3. The van der Waals surface area contributed by atoms with Gasteiger partial charge in [0.1, 0.15) is 0 Å². The Balaban J connectivity index is 1.66. The van der Waals surface area contributed by atoms with Crippen LogP contribution >= 0.6 is 11.8 Å². The molecule has 27 heavy (non-hydrogen) atoms. The predicted octanol–water partition coefficient (Wildman–Crippen LogP) is 3.08. The van der Waals surface area contributed by atoms with Crippen molar-refractivity contribution in [3.8, 4) is 0 Å². The van der Waals surface area contributed by atoms with Crippen LogP contribution in [0.3, 0.4) is 0 Å². The van der Waals surface area contributed by atoms with Crippen molar-refractivity contribution in [1.29, 1.82) is 0 Å². The number of nitrogens with one attached hydrogen (secondary N) is 1. The summed E-state index contributed by atoms with van der Waals surface area (Å²) in [6.45, 7) is 1.53. The molecule has 1 aromatic rings. The smallest absolute Gasteiger partial charge is 0.316 e. The summed E-state index contributed by atoms with van der Waals surface area (Å²) in [6, 6.07) is 9.31. The Morgan fingerprint density at radius 3 is 2.48 bits per heavy atom. The molecule has 1 N–H and O–H groups in total. The van der Waals surface area contributed by atoms with E-state index in [4.69, 9.17) is 4.74 Å². The van der Waals surface area contributed by atoms with Gasteiger partial charge in [-0.3, -0.25) is 14.4 Å². The van der Waals surface area contributed by atoms with E-state index in [0.29, 0.717) is 11.7 Å². The molecule has 0 heterocycles. The van der Waals surface area contributed by atoms with Crippen LogP contribution in [0.4, 0.5) is 5.69 Å². The minimum absolute atomic E-state index is 0.0366. The topological polar surface area (TPSA) is 75.7 Å². The molecule has 0 radical (unpaired) electrons. The van der Waals surface area contributed by atoms with Crippen LogP contribution in [0.25, 0.3) is 0 Å². The normalized spacial score (nSPS) is 15.6. The molecule has 0 aromatic heterocycles. The SMILES string of the molecule is C[C@H](OC(=O)CSCC(=O)N(C)C1CCCCC1)C(=O)Nc1ccccc1. The minimum atomic E-state index is -0.890. The van der Waals surface area contributed by atoms with E-state index in [-0.39, 0.29) is 23.3 Å². The number of carbonyl (C=O) groups is 3. The van der Waals surface area contributed by atoms with Gasteiger partial charge in [-0.25, -0.2) is 0 Å². The number of esters is 1. The van der Waals surface area contributed by atoms with E-state index in [2.05, 4.69) is 5.32 Å². The second kappa shape index (κ2) is 11.0. The molecular weight excluding hydrogens is 364 g/mol. The second-order valence-electron chi connectivity index (χ2n) is 6.78. The summed E-state index contributed by atoms with van der Waals surface area (Å²) in [5.41, 5.74) is 0.649. The van der Waals surface area contributed by atoms with Gasteiger partial charge < -0.3 is 15.0 Å². The van der Waals surface area contributed by atoms with Crippen LogP contribution in [0.15, 0.2) is 30.3 Å². The summed E-state index contributed by atoms with van der Waals surface area (Å²) in [4.78, 5) is 38.0. The zero-order valence-corrected chi connectivity index (χ0v) is 16.8. The lowest BCUT2D eigenvalue weighted by atomic mass is 9.94. The molecule has 0 spiro atoms. The molecule has 2 amide bonds. The summed E-state index contributed by atoms with van der Waals surface area (Å²) in [6.07, 6.45) is 4.81. The first-order valence-electron chi connectivity index (χ1n) is 9.36. The Bertz CT molecular complexity index is 632. The van der Waals surface area contributed by atoms with Crippen molar-refractivity contribution in [2.75, 3.05) is 23.9 Å². The number of para-hydroxylation sites is 1. The quantitative estimate of drug-likeness (QED) is 0.688. The lowest BCUT2D eigenvalue weighted by molar-refractivity contribution is -0.150. The summed E-state index contributed by atoms with van der Waals surface area (Å²) < 4.78 is 5.15. The minimum Gasteiger partial charge on any atom is -0.452 e. The maximum atomic E-state index is 12.2. The fourth-order valence-corrected chi connectivity index (χ4v) is 3.76. The molecular formula is C20H28N2O4S. The summed E-state index contributed by atoms with van der Waals surface area (Å²) in [5, 5.41) is 2.69. The number of hydrogen-bond acceptors (Lipinski definition) is 5. The van der Waals surface area contributed by atoms with Crippen LogP contribution in [-0.2, 0) is 19.1 Å². The number of ether oxygens (including phenoxy) is 1. The maximum absolute atomic E-state index is 12.2. The number of amides is 2. The van der Waals surface area contributed by atoms with Crippen molar-refractivity contribution in [3.05, 3.63) is 30.3 Å². The molecule has 1 fully saturated rings. The molecule has 0 bridgehead atoms. The van der Waals surface area contributed by atoms with E-state index in [1.54, 1.807) is 12.1 Å². The molecule has 7 heteroatoms. The molecule has 0 aliphatic heterocycles. The van der Waals surface area contributed by atoms with Crippen LogP contribution in [0.2, 0.25) is 0 Å². The number of rotatable bonds is 8. The number of hydrogen-bond donors (Lipinski definition) is 1. The van der Waals surface area contributed by atoms with Gasteiger partial charge in [-0.2, -0.15) is 0 Å². The first-order chi connectivity index (χ1) is 13.0. The monoisotopic (exact) mass is 392 g/mol. The first-order valence-corrected chi connectivity index (χ1v) is 10.5. The van der Waals surface area contributed by atoms with Crippen LogP contribution in [-0.4, -0.2) is 53.4 Å². The average molecular weight is 393 g/mol. The predicted molar refractivity (Wildman–Crippen MR) is 108 cm³/mol. The van der Waals surface area contributed by atoms with E-state index in [0.717, 1.165) is 12.8 Å². The molecule has 2 rings (SSSR count). The molecule has 148 valence electrons. The number of nitrogens with zero attached hydrogens (tertiary/aromatic N) is 1. The highest BCUT2D eigenvalue weighted by Crippen LogP contribution is 2.22. The van der Waals surface area contributed by atoms with Gasteiger partial charge in [0.15, 0.2) is 6.10 Å². The Morgan fingerprint density at radius 1 is 1.15 bits per heavy atom. The third-order valence-corrected chi connectivity index (χ3v) is 5.57. The van der Waals surface area contributed by atoms with Crippen molar-refractivity contribution in [2.45, 2.75) is 51.2 Å². The first kappa shape index (κ1) is 21.3. The van der Waals surface area contributed by atoms with Crippen molar-refractivity contribution < 1.29 is 19.1 Å². The number of thioether (sulfide) groups is 1. The van der Waals surface area contributed by atoms with Crippen LogP contribution in [0.1, 0.15) is 39.0 Å². The van der Waals surface area contributed by atoms with Gasteiger partial charge in [-0.1, -0.05) is 37.5 Å². The highest BCUT2D eigenvalue weighted by Gasteiger charge is 2.22. The average Bonchev–Trinajstić information content (AvgIpc) is 2.68. The van der Waals surface area contributed by atoms with Gasteiger partial charge in [0.25, 0.3) is 5.91 Å². The summed E-state index contributed by atoms with van der Waals surface area (Å²) in [7, 11) is 1.84. The summed E-state index contributed by atoms with van der Waals surface area (Å²) in [5.74, 6) is -0.550. The fourth-order valence-electron chi connectivity index (χ4n) is 3.05. The lowest BCUT2D eigenvalue weighted by Crippen LogP contribution is -2.39. The van der Waals surface area contributed by atoms with Gasteiger partial charge >= 0.3 is 5.97 Å². The third-order valence-electron chi connectivity index (χ3n) is 4.68. The largest absolute Gasteiger partial charge is 0.452 e. The Labute approximate surface area is 165 Å². The van der Waals surface area contributed by atoms with Crippen molar-refractivity contribution >= 4 is 35.2 Å². The maximum Gasteiger partial charge on any atom is 0.316 e. The highest BCUT2D eigenvalue weighted by atomic mass is 32.2. The molecule has 1 saturated carbocycles. The molecule has 1 aromatic carbocycles. The number of anilines is 1. The lowest BCUT2D eigenvalue weighted by Gasteiger charge is -2.31. The second-order valence-corrected chi connectivity index (χ2v) is 7.76. The standard InChI is InChI=1S/C20H28N2O4S/c1-15(20(25)21-16-9-5-3-6-10-16)26-19(24)14-27-13-18(23)22(2)17-11-7-4-8-12-17/h3,5-6,9-10,15,17H,4,7-8,11-14H2,1-2H3,(H,21,25)/t15-/m0/s1. The third kappa shape index (κ3) is 7.25. The zero-order valence-electron chi connectivity index (χ0n) is 16.0. The van der Waals surface area contributed by atoms with E-state index in [1.165, 1.54) is 37.9 Å². The van der Waals surface area contributed by atoms with Crippen LogP contribution in [0.5, 0.6) is 0 Å². The zero-order chi connectivity index (χ0) is 19.6. The van der Waals surface area contributed by atoms with E-state index < -0.39 is 12.1 Å². The highest BCUT2D eigenvalue weighted by molar-refractivity contribution is 8.00.